The Kier molecular flexibility index (Phi) is 6.00. The maximum Gasteiger partial charge on any atom is 0.346 e. The summed E-state index contributed by atoms with van der Waals surface area (Å²) in [5, 5.41) is 21.2. The van der Waals surface area contributed by atoms with E-state index in [1.165, 1.54) is 45.6 Å². The van der Waals surface area contributed by atoms with Crippen molar-refractivity contribution >= 4 is 17.3 Å². The standard InChI is InChI=1S/C22H21FO6S/c1-12-5-6-13(9-15(12)23)18-7-8-19(30-18)22(26,21(24)25)14-10-16(27-2)20(29-4)17(11-14)28-3/h5-11,26H,1-4H3,(H,24,25). The predicted molar refractivity (Wildman–Crippen MR) is 111 cm³/mol. The van der Waals surface area contributed by atoms with Gasteiger partial charge in [-0.05, 0) is 48.4 Å². The molecule has 2 N–H and O–H groups in total. The zero-order chi connectivity index (χ0) is 22.1. The summed E-state index contributed by atoms with van der Waals surface area (Å²) in [6, 6.07) is 10.7. The molecule has 0 fully saturated rings. The van der Waals surface area contributed by atoms with Crippen LogP contribution in [0.2, 0.25) is 0 Å². The molecule has 1 atom stereocenters. The Labute approximate surface area is 177 Å². The van der Waals surface area contributed by atoms with E-state index in [0.717, 1.165) is 11.3 Å². The van der Waals surface area contributed by atoms with Gasteiger partial charge in [-0.1, -0.05) is 12.1 Å². The lowest BCUT2D eigenvalue weighted by molar-refractivity contribution is -0.154. The lowest BCUT2D eigenvalue weighted by Gasteiger charge is -2.24. The molecule has 1 unspecified atom stereocenters. The van der Waals surface area contributed by atoms with E-state index in [4.69, 9.17) is 14.2 Å². The van der Waals surface area contributed by atoms with Crippen molar-refractivity contribution in [1.82, 2.24) is 0 Å². The fourth-order valence-corrected chi connectivity index (χ4v) is 4.20. The number of halogens is 1. The van der Waals surface area contributed by atoms with E-state index in [-0.39, 0.29) is 33.5 Å². The average molecular weight is 432 g/mol. The highest BCUT2D eigenvalue weighted by Gasteiger charge is 2.43. The van der Waals surface area contributed by atoms with Crippen LogP contribution in [0.1, 0.15) is 16.0 Å². The van der Waals surface area contributed by atoms with Gasteiger partial charge < -0.3 is 24.4 Å². The Hall–Kier alpha value is -3.10. The lowest BCUT2D eigenvalue weighted by Crippen LogP contribution is -2.36. The molecule has 0 radical (unpaired) electrons. The summed E-state index contributed by atoms with van der Waals surface area (Å²) in [7, 11) is 4.22. The Bertz CT molecular complexity index is 1070. The molecule has 158 valence electrons. The summed E-state index contributed by atoms with van der Waals surface area (Å²) in [5.41, 5.74) is -1.24. The van der Waals surface area contributed by atoms with Crippen LogP contribution < -0.4 is 14.2 Å². The quantitative estimate of drug-likeness (QED) is 0.582. The summed E-state index contributed by atoms with van der Waals surface area (Å²) in [5.74, 6) is -1.13. The fraction of sp³-hybridized carbons (Fsp3) is 0.227. The predicted octanol–water partition coefficient (Wildman–Crippen LogP) is 4.21. The van der Waals surface area contributed by atoms with Gasteiger partial charge in [0, 0.05) is 10.4 Å². The third kappa shape index (κ3) is 3.59. The fourth-order valence-electron chi connectivity index (χ4n) is 3.09. The Morgan fingerprint density at radius 1 is 1.00 bits per heavy atom. The number of aryl methyl sites for hydroxylation is 1. The van der Waals surface area contributed by atoms with Gasteiger partial charge in [-0.3, -0.25) is 0 Å². The number of hydrogen-bond acceptors (Lipinski definition) is 6. The molecule has 2 aromatic carbocycles. The van der Waals surface area contributed by atoms with E-state index in [2.05, 4.69) is 0 Å². The highest BCUT2D eigenvalue weighted by Crippen LogP contribution is 2.45. The number of benzene rings is 2. The van der Waals surface area contributed by atoms with Crippen LogP contribution in [0.15, 0.2) is 42.5 Å². The third-order valence-electron chi connectivity index (χ3n) is 4.81. The SMILES string of the molecule is COc1cc(C(O)(C(=O)O)c2ccc(-c3ccc(C)c(F)c3)s2)cc(OC)c1OC. The summed E-state index contributed by atoms with van der Waals surface area (Å²) in [6.07, 6.45) is 0. The van der Waals surface area contributed by atoms with Crippen LogP contribution in [0.5, 0.6) is 17.2 Å². The molecule has 1 heterocycles. The monoisotopic (exact) mass is 432 g/mol. The van der Waals surface area contributed by atoms with Gasteiger partial charge >= 0.3 is 5.97 Å². The van der Waals surface area contributed by atoms with E-state index in [1.807, 2.05) is 0 Å². The number of carboxylic acid groups (broad SMARTS) is 1. The zero-order valence-corrected chi connectivity index (χ0v) is 17.7. The van der Waals surface area contributed by atoms with Crippen LogP contribution in [0.4, 0.5) is 4.39 Å². The van der Waals surface area contributed by atoms with Gasteiger partial charge in [0.05, 0.1) is 26.2 Å². The summed E-state index contributed by atoms with van der Waals surface area (Å²) >= 11 is 1.06. The zero-order valence-electron chi connectivity index (χ0n) is 16.9. The van der Waals surface area contributed by atoms with E-state index >= 15 is 0 Å². The van der Waals surface area contributed by atoms with Crippen molar-refractivity contribution < 1.29 is 33.6 Å². The highest BCUT2D eigenvalue weighted by molar-refractivity contribution is 7.15. The third-order valence-corrected chi connectivity index (χ3v) is 6.05. The smallest absolute Gasteiger partial charge is 0.346 e. The molecule has 0 saturated heterocycles. The largest absolute Gasteiger partial charge is 0.493 e. The minimum Gasteiger partial charge on any atom is -0.493 e. The van der Waals surface area contributed by atoms with E-state index in [1.54, 1.807) is 25.1 Å². The van der Waals surface area contributed by atoms with Crippen molar-refractivity contribution in [3.8, 4) is 27.7 Å². The normalized spacial score (nSPS) is 12.9. The first-order chi connectivity index (χ1) is 14.3. The molecule has 6 nitrogen and oxygen atoms in total. The molecule has 0 bridgehead atoms. The number of thiophene rings is 1. The molecule has 1 aromatic heterocycles. The number of carboxylic acids is 1. The van der Waals surface area contributed by atoms with Crippen molar-refractivity contribution in [3.05, 3.63) is 64.3 Å². The number of carbonyl (C=O) groups is 1. The second-order valence-electron chi connectivity index (χ2n) is 6.56. The Morgan fingerprint density at radius 2 is 1.63 bits per heavy atom. The Balaban J connectivity index is 2.15. The molecule has 3 aromatic rings. The maximum atomic E-state index is 14.0. The van der Waals surface area contributed by atoms with Gasteiger partial charge in [0.1, 0.15) is 5.82 Å². The number of ether oxygens (including phenoxy) is 3. The molecule has 30 heavy (non-hydrogen) atoms. The summed E-state index contributed by atoms with van der Waals surface area (Å²) in [4.78, 5) is 13.0. The van der Waals surface area contributed by atoms with Crippen molar-refractivity contribution in [2.45, 2.75) is 12.5 Å². The van der Waals surface area contributed by atoms with Crippen molar-refractivity contribution in [3.63, 3.8) is 0 Å². The minimum absolute atomic E-state index is 0.0352. The van der Waals surface area contributed by atoms with Crippen LogP contribution in [0.3, 0.4) is 0 Å². The molecule has 0 spiro atoms. The van der Waals surface area contributed by atoms with Gasteiger partial charge in [-0.25, -0.2) is 9.18 Å². The first kappa shape index (κ1) is 21.6. The lowest BCUT2D eigenvalue weighted by atomic mass is 9.91. The van der Waals surface area contributed by atoms with E-state index in [0.29, 0.717) is 16.0 Å². The van der Waals surface area contributed by atoms with Gasteiger partial charge in [-0.15, -0.1) is 11.3 Å². The highest BCUT2D eigenvalue weighted by atomic mass is 32.1. The molecule has 0 saturated carbocycles. The van der Waals surface area contributed by atoms with E-state index in [9.17, 15) is 19.4 Å². The summed E-state index contributed by atoms with van der Waals surface area (Å²) < 4.78 is 29.8. The van der Waals surface area contributed by atoms with Crippen LogP contribution in [0, 0.1) is 12.7 Å². The molecule has 0 amide bonds. The average Bonchev–Trinajstić information content (AvgIpc) is 3.24. The van der Waals surface area contributed by atoms with Gasteiger partial charge in [0.15, 0.2) is 11.5 Å². The number of methoxy groups -OCH3 is 3. The van der Waals surface area contributed by atoms with Gasteiger partial charge in [0.2, 0.25) is 11.4 Å². The second kappa shape index (κ2) is 8.33. The number of rotatable bonds is 7. The van der Waals surface area contributed by atoms with Crippen LogP contribution in [-0.2, 0) is 10.4 Å². The molecule has 0 aliphatic carbocycles. The molecule has 0 aliphatic rings. The van der Waals surface area contributed by atoms with Crippen molar-refractivity contribution in [2.75, 3.05) is 21.3 Å². The molecular formula is C22H21FO6S. The molecule has 0 aliphatic heterocycles. The number of hydrogen-bond donors (Lipinski definition) is 2. The van der Waals surface area contributed by atoms with Crippen LogP contribution >= 0.6 is 11.3 Å². The molecule has 8 heteroatoms. The Morgan fingerprint density at radius 3 is 2.13 bits per heavy atom. The van der Waals surface area contributed by atoms with Gasteiger partial charge in [0.25, 0.3) is 0 Å². The number of aliphatic carboxylic acids is 1. The van der Waals surface area contributed by atoms with Crippen LogP contribution in [0.25, 0.3) is 10.4 Å². The second-order valence-corrected chi connectivity index (χ2v) is 7.64. The van der Waals surface area contributed by atoms with Crippen LogP contribution in [-0.4, -0.2) is 37.5 Å². The number of aliphatic hydroxyl groups is 1. The minimum atomic E-state index is -2.38. The first-order valence-corrected chi connectivity index (χ1v) is 9.71. The first-order valence-electron chi connectivity index (χ1n) is 8.89. The van der Waals surface area contributed by atoms with Crippen molar-refractivity contribution in [1.29, 1.82) is 0 Å². The molecular weight excluding hydrogens is 411 g/mol. The maximum absolute atomic E-state index is 14.0. The van der Waals surface area contributed by atoms with Crippen molar-refractivity contribution in [2.24, 2.45) is 0 Å². The van der Waals surface area contributed by atoms with Gasteiger partial charge in [-0.2, -0.15) is 0 Å². The van der Waals surface area contributed by atoms with E-state index < -0.39 is 11.6 Å². The molecule has 3 rings (SSSR count). The summed E-state index contributed by atoms with van der Waals surface area (Å²) in [6.45, 7) is 1.66. The topological polar surface area (TPSA) is 85.2 Å².